The van der Waals surface area contributed by atoms with Crippen molar-refractivity contribution in [3.8, 4) is 5.75 Å². The Bertz CT molecular complexity index is 767. The third-order valence-corrected chi connectivity index (χ3v) is 3.45. The Balaban J connectivity index is 2.03. The van der Waals surface area contributed by atoms with Gasteiger partial charge >= 0.3 is 5.97 Å². The molecular weight excluding hydrogens is 324 g/mol. The fourth-order valence-electron chi connectivity index (χ4n) is 1.63. The van der Waals surface area contributed by atoms with E-state index in [1.807, 2.05) is 0 Å². The number of hydrogen-bond acceptors (Lipinski definition) is 8. The zero-order chi connectivity index (χ0) is 16.8. The number of amides is 1. The predicted octanol–water partition coefficient (Wildman–Crippen LogP) is 1.46. The summed E-state index contributed by atoms with van der Waals surface area (Å²) in [5.41, 5.74) is 0.0194. The van der Waals surface area contributed by atoms with Gasteiger partial charge in [-0.2, -0.15) is 0 Å². The van der Waals surface area contributed by atoms with Crippen LogP contribution in [0.15, 0.2) is 26.9 Å². The van der Waals surface area contributed by atoms with E-state index in [9.17, 15) is 14.4 Å². The second-order valence-corrected chi connectivity index (χ2v) is 5.11. The summed E-state index contributed by atoms with van der Waals surface area (Å²) in [7, 11) is 1.33. The number of hydrogen-bond donors (Lipinski definition) is 1. The largest absolute Gasteiger partial charge is 0.490 e. The summed E-state index contributed by atoms with van der Waals surface area (Å²) in [6.07, 6.45) is 1.09. The molecular formula is C14H14N2O6S. The van der Waals surface area contributed by atoms with Gasteiger partial charge in [0.1, 0.15) is 6.26 Å². The molecule has 2 rings (SSSR count). The molecule has 2 heterocycles. The van der Waals surface area contributed by atoms with E-state index < -0.39 is 17.3 Å². The van der Waals surface area contributed by atoms with Gasteiger partial charge < -0.3 is 13.9 Å². The highest BCUT2D eigenvalue weighted by Gasteiger charge is 2.15. The Morgan fingerprint density at radius 1 is 1.43 bits per heavy atom. The van der Waals surface area contributed by atoms with Gasteiger partial charge in [0.05, 0.1) is 25.8 Å². The van der Waals surface area contributed by atoms with Crippen molar-refractivity contribution in [2.75, 3.05) is 19.0 Å². The molecule has 0 bridgehead atoms. The lowest BCUT2D eigenvalue weighted by Crippen LogP contribution is -2.15. The lowest BCUT2D eigenvalue weighted by atomic mass is 10.3. The van der Waals surface area contributed by atoms with Crippen LogP contribution in [0.2, 0.25) is 0 Å². The molecule has 0 spiro atoms. The monoisotopic (exact) mass is 338 g/mol. The van der Waals surface area contributed by atoms with Crippen LogP contribution in [-0.4, -0.2) is 30.6 Å². The van der Waals surface area contributed by atoms with Gasteiger partial charge in [0, 0.05) is 11.4 Å². The van der Waals surface area contributed by atoms with E-state index in [2.05, 4.69) is 10.3 Å². The maximum atomic E-state index is 12.0. The first kappa shape index (κ1) is 16.7. The van der Waals surface area contributed by atoms with Crippen molar-refractivity contribution in [3.63, 3.8) is 0 Å². The number of rotatable bonds is 6. The number of carbonyl (C=O) groups excluding carboxylic acids is 2. The lowest BCUT2D eigenvalue weighted by Gasteiger charge is -2.02. The number of nitrogens with zero attached hydrogens (tertiary/aromatic N) is 1. The summed E-state index contributed by atoms with van der Waals surface area (Å²) in [6.45, 7) is 2.01. The molecule has 0 aliphatic rings. The van der Waals surface area contributed by atoms with Crippen LogP contribution >= 0.6 is 11.3 Å². The predicted molar refractivity (Wildman–Crippen MR) is 81.9 cm³/mol. The molecule has 2 aromatic heterocycles. The highest BCUT2D eigenvalue weighted by Crippen LogP contribution is 2.17. The average Bonchev–Trinajstić information content (AvgIpc) is 2.94. The molecule has 122 valence electrons. The normalized spacial score (nSPS) is 10.2. The highest BCUT2D eigenvalue weighted by molar-refractivity contribution is 7.14. The molecule has 1 amide bonds. The Morgan fingerprint density at radius 3 is 2.87 bits per heavy atom. The number of ether oxygens (including phenoxy) is 2. The Kier molecular flexibility index (Phi) is 5.47. The molecule has 0 saturated carbocycles. The third kappa shape index (κ3) is 4.39. The number of methoxy groups -OCH3 is 1. The molecule has 1 N–H and O–H groups in total. The SMILES string of the molecule is CCOC(=O)Cc1csc(NC(=O)c2cc(=O)c(OC)co2)n1. The number of esters is 1. The van der Waals surface area contributed by atoms with Crippen LogP contribution in [-0.2, 0) is 16.0 Å². The number of nitrogens with one attached hydrogen (secondary N) is 1. The molecule has 0 aromatic carbocycles. The zero-order valence-electron chi connectivity index (χ0n) is 12.5. The summed E-state index contributed by atoms with van der Waals surface area (Å²) in [4.78, 5) is 39.0. The number of anilines is 1. The van der Waals surface area contributed by atoms with Crippen LogP contribution in [0.1, 0.15) is 23.2 Å². The molecule has 2 aromatic rings. The summed E-state index contributed by atoms with van der Waals surface area (Å²) >= 11 is 1.15. The first-order valence-corrected chi connectivity index (χ1v) is 7.49. The van der Waals surface area contributed by atoms with Gasteiger partial charge in [-0.1, -0.05) is 0 Å². The standard InChI is InChI=1S/C14H14N2O6S/c1-3-21-12(18)4-8-7-23-14(15-8)16-13(19)10-5-9(17)11(20-2)6-22-10/h5-7H,3-4H2,1-2H3,(H,15,16,19). The van der Waals surface area contributed by atoms with E-state index in [0.29, 0.717) is 12.3 Å². The van der Waals surface area contributed by atoms with E-state index in [0.717, 1.165) is 23.7 Å². The van der Waals surface area contributed by atoms with E-state index in [1.165, 1.54) is 7.11 Å². The Labute approximate surface area is 135 Å². The number of carbonyl (C=O) groups is 2. The first-order valence-electron chi connectivity index (χ1n) is 6.61. The summed E-state index contributed by atoms with van der Waals surface area (Å²) in [5.74, 6) is -1.18. The second-order valence-electron chi connectivity index (χ2n) is 4.26. The van der Waals surface area contributed by atoms with Crippen molar-refractivity contribution in [2.24, 2.45) is 0 Å². The number of thiazole rings is 1. The highest BCUT2D eigenvalue weighted by atomic mass is 32.1. The minimum absolute atomic E-state index is 0.00696. The van der Waals surface area contributed by atoms with E-state index in [4.69, 9.17) is 13.9 Å². The van der Waals surface area contributed by atoms with Crippen molar-refractivity contribution in [3.05, 3.63) is 39.4 Å². The van der Waals surface area contributed by atoms with Gasteiger partial charge in [0.25, 0.3) is 5.91 Å². The molecule has 23 heavy (non-hydrogen) atoms. The third-order valence-electron chi connectivity index (χ3n) is 2.64. The van der Waals surface area contributed by atoms with Crippen LogP contribution in [0.4, 0.5) is 5.13 Å². The fourth-order valence-corrected chi connectivity index (χ4v) is 2.34. The van der Waals surface area contributed by atoms with Gasteiger partial charge in [-0.3, -0.25) is 19.7 Å². The minimum Gasteiger partial charge on any atom is -0.490 e. The van der Waals surface area contributed by atoms with Crippen molar-refractivity contribution >= 4 is 28.3 Å². The zero-order valence-corrected chi connectivity index (χ0v) is 13.3. The van der Waals surface area contributed by atoms with Gasteiger partial charge in [-0.05, 0) is 6.92 Å². The smallest absolute Gasteiger partial charge is 0.311 e. The molecule has 0 saturated heterocycles. The minimum atomic E-state index is -0.623. The second kappa shape index (κ2) is 7.54. The molecule has 0 unspecified atom stereocenters. The average molecular weight is 338 g/mol. The maximum absolute atomic E-state index is 12.0. The molecule has 0 radical (unpaired) electrons. The van der Waals surface area contributed by atoms with Crippen molar-refractivity contribution < 1.29 is 23.5 Å². The van der Waals surface area contributed by atoms with Gasteiger partial charge in [-0.25, -0.2) is 4.98 Å². The summed E-state index contributed by atoms with van der Waals surface area (Å²) < 4.78 is 14.6. The van der Waals surface area contributed by atoms with Crippen molar-refractivity contribution in [1.82, 2.24) is 4.98 Å². The quantitative estimate of drug-likeness (QED) is 0.794. The molecule has 0 atom stereocenters. The topological polar surface area (TPSA) is 108 Å². The molecule has 0 aliphatic heterocycles. The maximum Gasteiger partial charge on any atom is 0.311 e. The summed E-state index contributed by atoms with van der Waals surface area (Å²) in [5, 5.41) is 4.41. The van der Waals surface area contributed by atoms with Gasteiger partial charge in [0.2, 0.25) is 11.2 Å². The van der Waals surface area contributed by atoms with Gasteiger partial charge in [-0.15, -0.1) is 11.3 Å². The lowest BCUT2D eigenvalue weighted by molar-refractivity contribution is -0.142. The Morgan fingerprint density at radius 2 is 2.22 bits per heavy atom. The van der Waals surface area contributed by atoms with Crippen LogP contribution < -0.4 is 15.5 Å². The van der Waals surface area contributed by atoms with E-state index in [-0.39, 0.29) is 23.1 Å². The van der Waals surface area contributed by atoms with Gasteiger partial charge in [0.15, 0.2) is 10.9 Å². The van der Waals surface area contributed by atoms with Crippen molar-refractivity contribution in [2.45, 2.75) is 13.3 Å². The fraction of sp³-hybridized carbons (Fsp3) is 0.286. The Hall–Kier alpha value is -2.68. The van der Waals surface area contributed by atoms with E-state index in [1.54, 1.807) is 12.3 Å². The molecule has 0 fully saturated rings. The van der Waals surface area contributed by atoms with Crippen LogP contribution in [0.3, 0.4) is 0 Å². The molecule has 8 nitrogen and oxygen atoms in total. The molecule has 0 aliphatic carbocycles. The van der Waals surface area contributed by atoms with Crippen LogP contribution in [0.5, 0.6) is 5.75 Å². The number of aromatic nitrogens is 1. The van der Waals surface area contributed by atoms with Crippen LogP contribution in [0, 0.1) is 0 Å². The molecule has 9 heteroatoms. The summed E-state index contributed by atoms with van der Waals surface area (Å²) in [6, 6.07) is 1.03. The van der Waals surface area contributed by atoms with Crippen molar-refractivity contribution in [1.29, 1.82) is 0 Å². The first-order chi connectivity index (χ1) is 11.0. The van der Waals surface area contributed by atoms with Crippen LogP contribution in [0.25, 0.3) is 0 Å². The van der Waals surface area contributed by atoms with E-state index >= 15 is 0 Å².